The number of hydrogen-bond acceptors (Lipinski definition) is 9. The Balaban J connectivity index is 1.30. The van der Waals surface area contributed by atoms with Gasteiger partial charge in [-0.15, -0.1) is 5.10 Å². The number of hydrogen-bond donors (Lipinski definition) is 5. The maximum Gasteiger partial charge on any atom is 0.245 e. The maximum atomic E-state index is 14.4. The molecule has 3 aliphatic rings. The third kappa shape index (κ3) is 10.2. The molecule has 1 saturated carbocycles. The molecule has 294 valence electrons. The van der Waals surface area contributed by atoms with E-state index in [0.717, 1.165) is 48.4 Å². The van der Waals surface area contributed by atoms with Gasteiger partial charge < -0.3 is 36.6 Å². The Labute approximate surface area is 319 Å². The van der Waals surface area contributed by atoms with Crippen molar-refractivity contribution in [1.82, 2.24) is 41.2 Å². The standard InChI is InChI=1S/C39H51N9O7/c40-36(51)35(26-11-2-1-3-12-26)45-38(53)31-24-55-23-28-21-42-46-48(28)19-7-6-17-33(49)41-22-34(50)47-18-9-16-32(47)39(54)43-30(37(52)44-31)20-27-14-8-13-25-10-4-5-15-29(25)27/h4-5,8,10,13-15,21,26,30-32,35H,1-3,6-7,9,11-12,16-20,22-24H2,(H2,40,51)(H,41,49)(H,43,54)(H,44,52)(H,45,53)/t30-,31-,32-,35-/m0/s1. The summed E-state index contributed by atoms with van der Waals surface area (Å²) in [5, 5.41) is 21.2. The van der Waals surface area contributed by atoms with Gasteiger partial charge in [-0.25, -0.2) is 4.68 Å². The highest BCUT2D eigenvalue weighted by Gasteiger charge is 2.37. The van der Waals surface area contributed by atoms with Crippen LogP contribution in [-0.2, 0) is 53.1 Å². The molecule has 2 aromatic carbocycles. The first kappa shape index (κ1) is 39.3. The molecule has 6 rings (SSSR count). The first-order valence-corrected chi connectivity index (χ1v) is 19.4. The van der Waals surface area contributed by atoms with Crippen molar-refractivity contribution in [2.24, 2.45) is 11.7 Å². The summed E-state index contributed by atoms with van der Waals surface area (Å²) >= 11 is 0. The van der Waals surface area contributed by atoms with Gasteiger partial charge in [-0.3, -0.25) is 28.8 Å². The second kappa shape index (κ2) is 18.8. The minimum atomic E-state index is -1.27. The fourth-order valence-electron chi connectivity index (χ4n) is 7.87. The van der Waals surface area contributed by atoms with Crippen molar-refractivity contribution in [2.45, 2.75) is 108 Å². The molecule has 6 amide bonds. The summed E-state index contributed by atoms with van der Waals surface area (Å²) in [7, 11) is 0. The normalized spacial score (nSPS) is 23.3. The number of rotatable bonds is 6. The van der Waals surface area contributed by atoms with E-state index in [1.165, 1.54) is 11.1 Å². The molecule has 0 bridgehead atoms. The number of nitrogens with one attached hydrogen (secondary N) is 4. The second-order valence-electron chi connectivity index (χ2n) is 14.7. The zero-order valence-corrected chi connectivity index (χ0v) is 31.0. The molecule has 1 saturated heterocycles. The third-order valence-electron chi connectivity index (χ3n) is 10.9. The number of carbonyl (C=O) groups excluding carboxylic acids is 6. The van der Waals surface area contributed by atoms with Crippen molar-refractivity contribution in [1.29, 1.82) is 0 Å². The van der Waals surface area contributed by atoms with Gasteiger partial charge in [0.05, 0.1) is 31.6 Å². The molecule has 2 aliphatic heterocycles. The lowest BCUT2D eigenvalue weighted by Gasteiger charge is -2.31. The van der Waals surface area contributed by atoms with E-state index in [-0.39, 0.29) is 44.4 Å². The molecule has 1 aromatic heterocycles. The summed E-state index contributed by atoms with van der Waals surface area (Å²) in [5.41, 5.74) is 7.21. The Morgan fingerprint density at radius 1 is 0.909 bits per heavy atom. The molecular weight excluding hydrogens is 706 g/mol. The largest absolute Gasteiger partial charge is 0.372 e. The number of nitrogens with two attached hydrogens (primary N) is 1. The summed E-state index contributed by atoms with van der Waals surface area (Å²) < 4.78 is 7.66. The van der Waals surface area contributed by atoms with Gasteiger partial charge in [0.15, 0.2) is 0 Å². The van der Waals surface area contributed by atoms with Crippen LogP contribution in [-0.4, -0.2) is 99.2 Å². The number of aromatic nitrogens is 3. The van der Waals surface area contributed by atoms with Crippen molar-refractivity contribution < 1.29 is 33.5 Å². The fourth-order valence-corrected chi connectivity index (χ4v) is 7.87. The zero-order chi connectivity index (χ0) is 38.7. The molecule has 16 heteroatoms. The highest BCUT2D eigenvalue weighted by atomic mass is 16.5. The summed E-state index contributed by atoms with van der Waals surface area (Å²) in [5.74, 6) is -3.28. The molecule has 0 unspecified atom stereocenters. The molecular formula is C39H51N9O7. The quantitative estimate of drug-likeness (QED) is 0.242. The summed E-state index contributed by atoms with van der Waals surface area (Å²) in [6, 6.07) is 9.16. The Morgan fingerprint density at radius 2 is 1.71 bits per heavy atom. The monoisotopic (exact) mass is 757 g/mol. The van der Waals surface area contributed by atoms with Crippen LogP contribution < -0.4 is 27.0 Å². The molecule has 16 nitrogen and oxygen atoms in total. The zero-order valence-electron chi connectivity index (χ0n) is 31.0. The van der Waals surface area contributed by atoms with Crippen molar-refractivity contribution in [3.63, 3.8) is 0 Å². The predicted octanol–water partition coefficient (Wildman–Crippen LogP) is 1.00. The molecule has 6 N–H and O–H groups in total. The van der Waals surface area contributed by atoms with E-state index < -0.39 is 53.7 Å². The van der Waals surface area contributed by atoms with Gasteiger partial charge in [-0.2, -0.15) is 0 Å². The van der Waals surface area contributed by atoms with E-state index in [1.807, 2.05) is 42.5 Å². The Kier molecular flexibility index (Phi) is 13.4. The van der Waals surface area contributed by atoms with Crippen molar-refractivity contribution in [2.75, 3.05) is 19.7 Å². The van der Waals surface area contributed by atoms with Crippen LogP contribution in [0.5, 0.6) is 0 Å². The topological polar surface area (TPSA) is 220 Å². The molecule has 2 fully saturated rings. The fraction of sp³-hybridized carbons (Fsp3) is 0.538. The number of fused-ring (bicyclic) bond motifs is 3. The number of primary amides is 1. The van der Waals surface area contributed by atoms with E-state index in [1.54, 1.807) is 4.68 Å². The Hall–Kier alpha value is -5.38. The first-order valence-electron chi connectivity index (χ1n) is 19.4. The number of ether oxygens (including phenoxy) is 1. The van der Waals surface area contributed by atoms with Crippen LogP contribution in [0.4, 0.5) is 0 Å². The average molecular weight is 758 g/mol. The number of aryl methyl sites for hydroxylation is 1. The summed E-state index contributed by atoms with van der Waals surface area (Å²) in [4.78, 5) is 82.4. The van der Waals surface area contributed by atoms with E-state index >= 15 is 0 Å². The first-order chi connectivity index (χ1) is 26.7. The maximum absolute atomic E-state index is 14.4. The lowest BCUT2D eigenvalue weighted by molar-refractivity contribution is -0.140. The van der Waals surface area contributed by atoms with Gasteiger partial charge in [0.1, 0.15) is 24.2 Å². The number of benzene rings is 2. The van der Waals surface area contributed by atoms with Gasteiger partial charge in [-0.1, -0.05) is 66.9 Å². The smallest absolute Gasteiger partial charge is 0.245 e. The van der Waals surface area contributed by atoms with Crippen molar-refractivity contribution in [3.05, 3.63) is 59.9 Å². The highest BCUT2D eigenvalue weighted by Crippen LogP contribution is 2.27. The lowest BCUT2D eigenvalue weighted by atomic mass is 9.83. The van der Waals surface area contributed by atoms with Crippen LogP contribution in [0.3, 0.4) is 0 Å². The molecule has 3 aromatic rings. The van der Waals surface area contributed by atoms with Crippen LogP contribution in [0, 0.1) is 5.92 Å². The molecule has 0 spiro atoms. The number of nitrogens with zero attached hydrogens (tertiary/aromatic N) is 4. The molecule has 1 aliphatic carbocycles. The van der Waals surface area contributed by atoms with Crippen molar-refractivity contribution >= 4 is 46.2 Å². The van der Waals surface area contributed by atoms with Crippen LogP contribution >= 0.6 is 0 Å². The van der Waals surface area contributed by atoms with Crippen LogP contribution in [0.15, 0.2) is 48.7 Å². The van der Waals surface area contributed by atoms with Crippen LogP contribution in [0.25, 0.3) is 10.8 Å². The number of carbonyl (C=O) groups is 6. The van der Waals surface area contributed by atoms with Gasteiger partial charge in [-0.05, 0) is 60.8 Å². The molecule has 3 heterocycles. The summed E-state index contributed by atoms with van der Waals surface area (Å²) in [6.45, 7) is 0.252. The van der Waals surface area contributed by atoms with Crippen molar-refractivity contribution in [3.8, 4) is 0 Å². The van der Waals surface area contributed by atoms with Crippen LogP contribution in [0.2, 0.25) is 0 Å². The van der Waals surface area contributed by atoms with Gasteiger partial charge >= 0.3 is 0 Å². The SMILES string of the molecule is NC(=O)[C@@H](NC(=O)[C@@H]1COCc2cnnn2CCCCC(=O)NCC(=O)N2CCC[C@H]2C(=O)N[C@@H](Cc2cccc3ccccc23)C(=O)N1)C1CCCCC1. The van der Waals surface area contributed by atoms with Gasteiger partial charge in [0, 0.05) is 25.9 Å². The second-order valence-corrected chi connectivity index (χ2v) is 14.7. The Bertz CT molecular complexity index is 1850. The molecule has 55 heavy (non-hydrogen) atoms. The van der Waals surface area contributed by atoms with Gasteiger partial charge in [0.25, 0.3) is 0 Å². The molecule has 0 radical (unpaired) electrons. The third-order valence-corrected chi connectivity index (χ3v) is 10.9. The predicted molar refractivity (Wildman–Crippen MR) is 200 cm³/mol. The van der Waals surface area contributed by atoms with Gasteiger partial charge in [0.2, 0.25) is 35.4 Å². The number of amides is 6. The van der Waals surface area contributed by atoms with E-state index in [0.29, 0.717) is 44.5 Å². The summed E-state index contributed by atoms with van der Waals surface area (Å²) in [6.07, 6.45) is 8.25. The lowest BCUT2D eigenvalue weighted by Crippen LogP contribution is -2.60. The highest BCUT2D eigenvalue weighted by molar-refractivity contribution is 5.97. The minimum Gasteiger partial charge on any atom is -0.372 e. The Morgan fingerprint density at radius 3 is 2.53 bits per heavy atom. The average Bonchev–Trinajstić information content (AvgIpc) is 3.87. The van der Waals surface area contributed by atoms with E-state index in [2.05, 4.69) is 31.6 Å². The van der Waals surface area contributed by atoms with E-state index in [9.17, 15) is 28.8 Å². The van der Waals surface area contributed by atoms with Crippen LogP contribution in [0.1, 0.15) is 75.5 Å². The molecule has 4 atom stereocenters. The van der Waals surface area contributed by atoms with E-state index in [4.69, 9.17) is 10.5 Å². The minimum absolute atomic E-state index is 0.00477.